The van der Waals surface area contributed by atoms with Gasteiger partial charge in [0, 0.05) is 10.0 Å². The van der Waals surface area contributed by atoms with Crippen LogP contribution in [0.2, 0.25) is 0 Å². The van der Waals surface area contributed by atoms with Gasteiger partial charge in [-0.15, -0.1) is 0 Å². The molecule has 0 aliphatic carbocycles. The summed E-state index contributed by atoms with van der Waals surface area (Å²) in [5.41, 5.74) is 3.13. The van der Waals surface area contributed by atoms with E-state index < -0.39 is 5.91 Å². The molecule has 0 saturated carbocycles. The molecule has 6 nitrogen and oxygen atoms in total. The van der Waals surface area contributed by atoms with Gasteiger partial charge in [-0.2, -0.15) is 5.10 Å². The lowest BCUT2D eigenvalue weighted by Crippen LogP contribution is -2.16. The first-order valence-electron chi connectivity index (χ1n) is 5.70. The number of nitrogens with zero attached hydrogens (tertiary/aromatic N) is 1. The minimum atomic E-state index is -0.414. The van der Waals surface area contributed by atoms with E-state index in [0.29, 0.717) is 11.5 Å². The van der Waals surface area contributed by atoms with Gasteiger partial charge in [0.05, 0.1) is 12.5 Å². The first kappa shape index (κ1) is 12.7. The highest BCUT2D eigenvalue weighted by atomic mass is 79.9. The van der Waals surface area contributed by atoms with Gasteiger partial charge in [0.25, 0.3) is 0 Å². The minimum absolute atomic E-state index is 0.201. The van der Waals surface area contributed by atoms with Gasteiger partial charge in [-0.25, -0.2) is 5.43 Å². The molecule has 0 fully saturated rings. The maximum Gasteiger partial charge on any atom is 0.307 e. The van der Waals surface area contributed by atoms with Crippen LogP contribution in [0.15, 0.2) is 44.5 Å². The van der Waals surface area contributed by atoms with Crippen LogP contribution in [0.25, 0.3) is 0 Å². The van der Waals surface area contributed by atoms with Crippen molar-refractivity contribution in [3.8, 4) is 11.5 Å². The molecule has 0 bridgehead atoms. The second-order valence-electron chi connectivity index (χ2n) is 3.90. The summed E-state index contributed by atoms with van der Waals surface area (Å²) in [6.07, 6.45) is 2.93. The number of halogens is 1. The zero-order valence-electron chi connectivity index (χ0n) is 10.1. The van der Waals surface area contributed by atoms with Crippen LogP contribution in [-0.4, -0.2) is 18.9 Å². The van der Waals surface area contributed by atoms with Crippen molar-refractivity contribution < 1.29 is 18.7 Å². The highest BCUT2D eigenvalue weighted by Gasteiger charge is 2.15. The molecule has 1 aliphatic heterocycles. The van der Waals surface area contributed by atoms with E-state index >= 15 is 0 Å². The first-order valence-corrected chi connectivity index (χ1v) is 6.49. The van der Waals surface area contributed by atoms with E-state index in [1.165, 1.54) is 12.5 Å². The van der Waals surface area contributed by atoms with Gasteiger partial charge in [-0.3, -0.25) is 4.79 Å². The molecule has 2 aromatic rings. The third-order valence-corrected chi connectivity index (χ3v) is 3.29. The van der Waals surface area contributed by atoms with Crippen molar-refractivity contribution in [2.75, 3.05) is 6.79 Å². The number of furan rings is 1. The number of carbonyl (C=O) groups is 1. The van der Waals surface area contributed by atoms with Gasteiger partial charge >= 0.3 is 5.91 Å². The van der Waals surface area contributed by atoms with Crippen molar-refractivity contribution in [3.63, 3.8) is 0 Å². The van der Waals surface area contributed by atoms with E-state index in [0.717, 1.165) is 10.0 Å². The molecular formula is C13H9BrN2O4. The third-order valence-electron chi connectivity index (χ3n) is 2.61. The fourth-order valence-electron chi connectivity index (χ4n) is 1.66. The number of carbonyl (C=O) groups excluding carboxylic acids is 1. The molecule has 1 N–H and O–H groups in total. The van der Waals surface area contributed by atoms with Crippen molar-refractivity contribution in [1.29, 1.82) is 0 Å². The number of fused-ring (bicyclic) bond motifs is 1. The van der Waals surface area contributed by atoms with Crippen molar-refractivity contribution in [2.45, 2.75) is 0 Å². The Morgan fingerprint density at radius 3 is 2.90 bits per heavy atom. The van der Waals surface area contributed by atoms with Gasteiger partial charge in [0.1, 0.15) is 0 Å². The average molecular weight is 337 g/mol. The summed E-state index contributed by atoms with van der Waals surface area (Å²) in [4.78, 5) is 11.6. The van der Waals surface area contributed by atoms with Crippen molar-refractivity contribution in [3.05, 3.63) is 46.3 Å². The highest BCUT2D eigenvalue weighted by Crippen LogP contribution is 2.36. The number of benzene rings is 1. The van der Waals surface area contributed by atoms with Crippen molar-refractivity contribution in [1.82, 2.24) is 5.43 Å². The van der Waals surface area contributed by atoms with Crippen molar-refractivity contribution >= 4 is 28.1 Å². The second-order valence-corrected chi connectivity index (χ2v) is 4.76. The maximum atomic E-state index is 11.6. The monoisotopic (exact) mass is 336 g/mol. The summed E-state index contributed by atoms with van der Waals surface area (Å²) < 4.78 is 16.3. The number of ether oxygens (including phenoxy) is 2. The summed E-state index contributed by atoms with van der Waals surface area (Å²) >= 11 is 3.40. The molecule has 0 radical (unpaired) electrons. The Balaban J connectivity index is 1.72. The van der Waals surface area contributed by atoms with E-state index in [-0.39, 0.29) is 12.6 Å². The topological polar surface area (TPSA) is 73.1 Å². The average Bonchev–Trinajstić information content (AvgIpc) is 3.08. The predicted molar refractivity (Wildman–Crippen MR) is 74.0 cm³/mol. The van der Waals surface area contributed by atoms with E-state index in [1.807, 2.05) is 0 Å². The molecule has 1 aromatic heterocycles. The van der Waals surface area contributed by atoms with Gasteiger partial charge in [-0.1, -0.05) is 0 Å². The maximum absolute atomic E-state index is 11.6. The van der Waals surface area contributed by atoms with Crippen LogP contribution in [-0.2, 0) is 0 Å². The molecule has 2 heterocycles. The number of hydrogen-bond donors (Lipinski definition) is 1. The van der Waals surface area contributed by atoms with Crippen LogP contribution in [0.5, 0.6) is 11.5 Å². The fraction of sp³-hybridized carbons (Fsp3) is 0.0769. The molecule has 3 rings (SSSR count). The summed E-state index contributed by atoms with van der Waals surface area (Å²) in [7, 11) is 0. The molecule has 7 heteroatoms. The van der Waals surface area contributed by atoms with E-state index in [9.17, 15) is 4.79 Å². The molecular weight excluding hydrogens is 328 g/mol. The second kappa shape index (κ2) is 5.38. The zero-order chi connectivity index (χ0) is 13.9. The van der Waals surface area contributed by atoms with E-state index in [1.54, 1.807) is 24.3 Å². The van der Waals surface area contributed by atoms with Crippen LogP contribution >= 0.6 is 15.9 Å². The Hall–Kier alpha value is -2.28. The number of nitrogens with one attached hydrogen (secondary N) is 1. The summed E-state index contributed by atoms with van der Waals surface area (Å²) in [6.45, 7) is 0.206. The molecule has 0 atom stereocenters. The molecule has 20 heavy (non-hydrogen) atoms. The summed E-state index contributed by atoms with van der Waals surface area (Å²) in [6, 6.07) is 6.75. The number of amides is 1. The Morgan fingerprint density at radius 1 is 1.35 bits per heavy atom. The highest BCUT2D eigenvalue weighted by molar-refractivity contribution is 9.10. The molecule has 0 unspecified atom stereocenters. The van der Waals surface area contributed by atoms with Gasteiger partial charge in [0.15, 0.2) is 17.3 Å². The molecule has 1 amide bonds. The molecule has 0 saturated heterocycles. The zero-order valence-corrected chi connectivity index (χ0v) is 11.7. The van der Waals surface area contributed by atoms with Gasteiger partial charge in [0.2, 0.25) is 6.79 Å². The lowest BCUT2D eigenvalue weighted by molar-refractivity contribution is 0.0927. The quantitative estimate of drug-likeness (QED) is 0.690. The standard InChI is InChI=1S/C13H9BrN2O4/c14-9-5-12-11(19-7-20-12)4-8(9)6-15-16-13(17)10-2-1-3-18-10/h1-6H,7H2,(H,16,17)/b15-6-. The van der Waals surface area contributed by atoms with Crippen LogP contribution in [0.1, 0.15) is 16.1 Å². The Bertz CT molecular complexity index is 667. The fourth-order valence-corrected chi connectivity index (χ4v) is 2.08. The first-order chi connectivity index (χ1) is 9.74. The number of hydrogen-bond acceptors (Lipinski definition) is 5. The molecule has 102 valence electrons. The number of rotatable bonds is 3. The SMILES string of the molecule is O=C(N/N=C\c1cc2c(cc1Br)OCO2)c1ccco1. The summed E-state index contributed by atoms with van der Waals surface area (Å²) in [5.74, 6) is 1.11. The molecule has 1 aliphatic rings. The van der Waals surface area contributed by atoms with Crippen LogP contribution in [0, 0.1) is 0 Å². The Morgan fingerprint density at radius 2 is 2.15 bits per heavy atom. The smallest absolute Gasteiger partial charge is 0.307 e. The van der Waals surface area contributed by atoms with E-state index in [4.69, 9.17) is 13.9 Å². The normalized spacial score (nSPS) is 12.8. The Labute approximate surface area is 122 Å². The largest absolute Gasteiger partial charge is 0.459 e. The van der Waals surface area contributed by atoms with Gasteiger partial charge < -0.3 is 13.9 Å². The van der Waals surface area contributed by atoms with Gasteiger partial charge in [-0.05, 0) is 40.2 Å². The minimum Gasteiger partial charge on any atom is -0.459 e. The van der Waals surface area contributed by atoms with Crippen LogP contribution in [0.3, 0.4) is 0 Å². The van der Waals surface area contributed by atoms with Crippen LogP contribution < -0.4 is 14.9 Å². The van der Waals surface area contributed by atoms with Crippen LogP contribution in [0.4, 0.5) is 0 Å². The molecule has 0 spiro atoms. The van der Waals surface area contributed by atoms with Crippen molar-refractivity contribution in [2.24, 2.45) is 5.10 Å². The number of hydrazone groups is 1. The third kappa shape index (κ3) is 2.53. The predicted octanol–water partition coefficient (Wildman–Crippen LogP) is 2.53. The summed E-state index contributed by atoms with van der Waals surface area (Å²) in [5, 5.41) is 3.87. The lowest BCUT2D eigenvalue weighted by Gasteiger charge is -2.01. The lowest BCUT2D eigenvalue weighted by atomic mass is 10.2. The van der Waals surface area contributed by atoms with E-state index in [2.05, 4.69) is 26.5 Å². The molecule has 1 aromatic carbocycles. The Kier molecular flexibility index (Phi) is 3.42.